The molecule has 21 heavy (non-hydrogen) atoms. The van der Waals surface area contributed by atoms with E-state index in [1.54, 1.807) is 21.3 Å². The second-order valence-corrected chi connectivity index (χ2v) is 4.42. The monoisotopic (exact) mass is 299 g/mol. The van der Waals surface area contributed by atoms with Crippen LogP contribution in [0.4, 0.5) is 0 Å². The minimum Gasteiger partial charge on any atom is -0.493 e. The van der Waals surface area contributed by atoms with Gasteiger partial charge in [-0.25, -0.2) is 0 Å². The van der Waals surface area contributed by atoms with Gasteiger partial charge in [0.15, 0.2) is 11.5 Å². The van der Waals surface area contributed by atoms with Gasteiger partial charge in [0.1, 0.15) is 0 Å². The first kappa shape index (κ1) is 17.6. The van der Waals surface area contributed by atoms with E-state index in [9.17, 15) is 0 Å². The second-order valence-electron chi connectivity index (χ2n) is 4.42. The van der Waals surface area contributed by atoms with Gasteiger partial charge < -0.3 is 29.4 Å². The van der Waals surface area contributed by atoms with E-state index in [2.05, 4.69) is 5.32 Å². The molecule has 1 rings (SSSR count). The van der Waals surface area contributed by atoms with Gasteiger partial charge in [0.05, 0.1) is 27.4 Å². The summed E-state index contributed by atoms with van der Waals surface area (Å²) in [6.45, 7) is 2.63. The van der Waals surface area contributed by atoms with Crippen molar-refractivity contribution in [1.29, 1.82) is 0 Å². The Balaban J connectivity index is 2.79. The molecular formula is C15H25NO5. The fourth-order valence-corrected chi connectivity index (χ4v) is 1.82. The van der Waals surface area contributed by atoms with Crippen LogP contribution in [0.2, 0.25) is 0 Å². The highest BCUT2D eigenvalue weighted by molar-refractivity contribution is 5.53. The van der Waals surface area contributed by atoms with E-state index in [0.29, 0.717) is 43.4 Å². The molecule has 0 aromatic heterocycles. The van der Waals surface area contributed by atoms with Gasteiger partial charge in [0.2, 0.25) is 5.75 Å². The van der Waals surface area contributed by atoms with Gasteiger partial charge in [-0.3, -0.25) is 0 Å². The first-order valence-corrected chi connectivity index (χ1v) is 6.95. The Morgan fingerprint density at radius 3 is 2.24 bits per heavy atom. The number of ether oxygens (including phenoxy) is 4. The highest BCUT2D eigenvalue weighted by atomic mass is 16.5. The molecule has 1 aromatic carbocycles. The van der Waals surface area contributed by atoms with Gasteiger partial charge in [0, 0.05) is 33.2 Å². The highest BCUT2D eigenvalue weighted by Gasteiger charge is 2.14. The van der Waals surface area contributed by atoms with E-state index in [4.69, 9.17) is 24.1 Å². The van der Waals surface area contributed by atoms with Crippen molar-refractivity contribution in [3.63, 3.8) is 0 Å². The molecule has 0 aliphatic heterocycles. The highest BCUT2D eigenvalue weighted by Crippen LogP contribution is 2.38. The zero-order chi connectivity index (χ0) is 15.5. The molecule has 2 N–H and O–H groups in total. The summed E-state index contributed by atoms with van der Waals surface area (Å²) in [4.78, 5) is 0. The molecule has 6 heteroatoms. The molecule has 0 fully saturated rings. The lowest BCUT2D eigenvalue weighted by Gasteiger charge is -2.16. The third kappa shape index (κ3) is 5.79. The molecule has 0 saturated carbocycles. The second kappa shape index (κ2) is 10.3. The van der Waals surface area contributed by atoms with Crippen LogP contribution in [0.1, 0.15) is 12.0 Å². The Kier molecular flexibility index (Phi) is 8.57. The van der Waals surface area contributed by atoms with Crippen LogP contribution in [0.5, 0.6) is 17.2 Å². The fraction of sp³-hybridized carbons (Fsp3) is 0.600. The van der Waals surface area contributed by atoms with E-state index >= 15 is 0 Å². The molecule has 0 heterocycles. The van der Waals surface area contributed by atoms with Crippen molar-refractivity contribution in [2.45, 2.75) is 13.0 Å². The van der Waals surface area contributed by atoms with Gasteiger partial charge in [-0.15, -0.1) is 0 Å². The summed E-state index contributed by atoms with van der Waals surface area (Å²) in [5, 5.41) is 12.1. The van der Waals surface area contributed by atoms with Crippen LogP contribution in [-0.2, 0) is 11.3 Å². The maximum Gasteiger partial charge on any atom is 0.203 e. The van der Waals surface area contributed by atoms with Crippen LogP contribution in [-0.4, -0.2) is 52.8 Å². The van der Waals surface area contributed by atoms with Crippen molar-refractivity contribution in [1.82, 2.24) is 5.32 Å². The number of aliphatic hydroxyl groups excluding tert-OH is 1. The summed E-state index contributed by atoms with van der Waals surface area (Å²) in [5.74, 6) is 1.81. The lowest BCUT2D eigenvalue weighted by Crippen LogP contribution is -2.18. The predicted octanol–water partition coefficient (Wildman–Crippen LogP) is 1.20. The smallest absolute Gasteiger partial charge is 0.203 e. The van der Waals surface area contributed by atoms with Gasteiger partial charge in [0.25, 0.3) is 0 Å². The summed E-state index contributed by atoms with van der Waals surface area (Å²) in [6, 6.07) is 3.83. The van der Waals surface area contributed by atoms with Gasteiger partial charge in [-0.2, -0.15) is 0 Å². The Bertz CT molecular complexity index is 386. The zero-order valence-electron chi connectivity index (χ0n) is 13.0. The molecule has 120 valence electrons. The van der Waals surface area contributed by atoms with E-state index in [0.717, 1.165) is 12.1 Å². The minimum atomic E-state index is 0.0894. The fourth-order valence-electron chi connectivity index (χ4n) is 1.82. The molecule has 0 radical (unpaired) electrons. The van der Waals surface area contributed by atoms with Crippen molar-refractivity contribution in [2.75, 3.05) is 47.7 Å². The summed E-state index contributed by atoms with van der Waals surface area (Å²) < 4.78 is 21.4. The number of nitrogens with one attached hydrogen (secondary N) is 1. The number of methoxy groups -OCH3 is 3. The Morgan fingerprint density at radius 1 is 1.05 bits per heavy atom. The van der Waals surface area contributed by atoms with Crippen LogP contribution < -0.4 is 19.5 Å². The molecule has 0 atom stereocenters. The molecule has 0 aliphatic carbocycles. The first-order valence-electron chi connectivity index (χ1n) is 6.95. The SMILES string of the molecule is COCCNCc1cc(OC)c(OCCCO)c(OC)c1. The predicted molar refractivity (Wildman–Crippen MR) is 80.3 cm³/mol. The maximum atomic E-state index is 8.82. The third-order valence-corrected chi connectivity index (χ3v) is 2.88. The summed E-state index contributed by atoms with van der Waals surface area (Å²) in [6.07, 6.45) is 0.562. The Hall–Kier alpha value is -1.50. The van der Waals surface area contributed by atoms with Gasteiger partial charge in [-0.05, 0) is 17.7 Å². The molecular weight excluding hydrogens is 274 g/mol. The molecule has 0 spiro atoms. The summed E-state index contributed by atoms with van der Waals surface area (Å²) in [5.41, 5.74) is 1.04. The Labute approximate surface area is 126 Å². The molecule has 6 nitrogen and oxygen atoms in total. The van der Waals surface area contributed by atoms with E-state index in [1.807, 2.05) is 12.1 Å². The van der Waals surface area contributed by atoms with Crippen molar-refractivity contribution in [3.8, 4) is 17.2 Å². The van der Waals surface area contributed by atoms with Crippen LogP contribution in [0, 0.1) is 0 Å². The normalized spacial score (nSPS) is 10.5. The van der Waals surface area contributed by atoms with Crippen molar-refractivity contribution < 1.29 is 24.1 Å². The molecule has 0 bridgehead atoms. The van der Waals surface area contributed by atoms with Crippen LogP contribution >= 0.6 is 0 Å². The first-order chi connectivity index (χ1) is 10.3. The van der Waals surface area contributed by atoms with Crippen molar-refractivity contribution >= 4 is 0 Å². The van der Waals surface area contributed by atoms with Crippen LogP contribution in [0.3, 0.4) is 0 Å². The number of benzene rings is 1. The van der Waals surface area contributed by atoms with E-state index < -0.39 is 0 Å². The lowest BCUT2D eigenvalue weighted by atomic mass is 10.1. The average Bonchev–Trinajstić information content (AvgIpc) is 2.52. The standard InChI is InChI=1S/C15H25NO5/c1-18-8-5-16-11-12-9-13(19-2)15(14(10-12)20-3)21-7-4-6-17/h9-10,16-17H,4-8,11H2,1-3H3. The van der Waals surface area contributed by atoms with Crippen molar-refractivity contribution in [3.05, 3.63) is 17.7 Å². The van der Waals surface area contributed by atoms with Crippen LogP contribution in [0.15, 0.2) is 12.1 Å². The molecule has 0 aliphatic rings. The summed E-state index contributed by atoms with van der Waals surface area (Å²) >= 11 is 0. The van der Waals surface area contributed by atoms with Gasteiger partial charge in [-0.1, -0.05) is 0 Å². The average molecular weight is 299 g/mol. The number of hydrogen-bond acceptors (Lipinski definition) is 6. The molecule has 1 aromatic rings. The van der Waals surface area contributed by atoms with E-state index in [-0.39, 0.29) is 6.61 Å². The van der Waals surface area contributed by atoms with Crippen LogP contribution in [0.25, 0.3) is 0 Å². The zero-order valence-corrected chi connectivity index (χ0v) is 13.0. The maximum absolute atomic E-state index is 8.82. The number of hydrogen-bond donors (Lipinski definition) is 2. The van der Waals surface area contributed by atoms with Crippen molar-refractivity contribution in [2.24, 2.45) is 0 Å². The number of aliphatic hydroxyl groups is 1. The molecule has 0 saturated heterocycles. The number of rotatable bonds is 11. The lowest BCUT2D eigenvalue weighted by molar-refractivity contribution is 0.199. The topological polar surface area (TPSA) is 69.2 Å². The Morgan fingerprint density at radius 2 is 1.71 bits per heavy atom. The third-order valence-electron chi connectivity index (χ3n) is 2.88. The largest absolute Gasteiger partial charge is 0.493 e. The minimum absolute atomic E-state index is 0.0894. The summed E-state index contributed by atoms with van der Waals surface area (Å²) in [7, 11) is 4.86. The molecule has 0 amide bonds. The van der Waals surface area contributed by atoms with Gasteiger partial charge >= 0.3 is 0 Å². The quantitative estimate of drug-likeness (QED) is 0.598. The van der Waals surface area contributed by atoms with E-state index in [1.165, 1.54) is 0 Å². The molecule has 0 unspecified atom stereocenters.